The summed E-state index contributed by atoms with van der Waals surface area (Å²) in [5.74, 6) is 0. The molecule has 0 saturated carbocycles. The molecule has 0 spiro atoms. The number of nitrogens with one attached hydrogen (secondary N) is 1. The van der Waals surface area contributed by atoms with Crippen LogP contribution in [0, 0.1) is 0 Å². The molecule has 0 bridgehead atoms. The third-order valence-electron chi connectivity index (χ3n) is 3.84. The van der Waals surface area contributed by atoms with Crippen LogP contribution < -0.4 is 5.32 Å². The molecule has 2 atom stereocenters. The highest BCUT2D eigenvalue weighted by Crippen LogP contribution is 2.15. The van der Waals surface area contributed by atoms with E-state index in [4.69, 9.17) is 17.0 Å². The summed E-state index contributed by atoms with van der Waals surface area (Å²) in [6, 6.07) is 4.46. The van der Waals surface area contributed by atoms with Gasteiger partial charge in [0.2, 0.25) is 0 Å². The van der Waals surface area contributed by atoms with Crippen LogP contribution in [-0.2, 0) is 11.3 Å². The highest BCUT2D eigenvalue weighted by Gasteiger charge is 2.21. The molecule has 21 heavy (non-hydrogen) atoms. The first-order chi connectivity index (χ1) is 10.2. The second-order valence-corrected chi connectivity index (χ2v) is 6.02. The second kappa shape index (κ2) is 8.29. The number of hydrogen-bond donors (Lipinski definition) is 1. The van der Waals surface area contributed by atoms with Crippen molar-refractivity contribution in [2.45, 2.75) is 51.8 Å². The number of pyridine rings is 1. The Kier molecular flexibility index (Phi) is 6.39. The molecular formula is C16H25N3OS. The fraction of sp³-hybridized carbons (Fsp3) is 0.625. The average molecular weight is 307 g/mol. The summed E-state index contributed by atoms with van der Waals surface area (Å²) in [6.45, 7) is 6.84. The quantitative estimate of drug-likeness (QED) is 0.818. The lowest BCUT2D eigenvalue weighted by atomic mass is 10.2. The molecule has 2 rings (SSSR count). The van der Waals surface area contributed by atoms with E-state index < -0.39 is 0 Å². The van der Waals surface area contributed by atoms with Crippen LogP contribution in [0.1, 0.15) is 38.7 Å². The molecule has 2 heterocycles. The van der Waals surface area contributed by atoms with Crippen LogP contribution in [0.3, 0.4) is 0 Å². The normalized spacial score (nSPS) is 19.2. The molecule has 0 amide bonds. The van der Waals surface area contributed by atoms with Crippen molar-refractivity contribution in [1.29, 1.82) is 0 Å². The van der Waals surface area contributed by atoms with Crippen LogP contribution >= 0.6 is 12.2 Å². The molecule has 1 aromatic heterocycles. The van der Waals surface area contributed by atoms with Gasteiger partial charge in [-0.1, -0.05) is 6.92 Å². The Balaban J connectivity index is 2.00. The van der Waals surface area contributed by atoms with Gasteiger partial charge in [-0.05, 0) is 56.1 Å². The first-order valence-corrected chi connectivity index (χ1v) is 8.15. The molecule has 0 radical (unpaired) electrons. The molecule has 1 fully saturated rings. The predicted molar refractivity (Wildman–Crippen MR) is 89.1 cm³/mol. The van der Waals surface area contributed by atoms with Gasteiger partial charge in [-0.25, -0.2) is 0 Å². The van der Waals surface area contributed by atoms with E-state index in [9.17, 15) is 0 Å². The Labute approximate surface area is 132 Å². The lowest BCUT2D eigenvalue weighted by Gasteiger charge is -2.30. The summed E-state index contributed by atoms with van der Waals surface area (Å²) in [5, 5.41) is 4.23. The van der Waals surface area contributed by atoms with E-state index in [0.29, 0.717) is 12.1 Å². The van der Waals surface area contributed by atoms with Crippen molar-refractivity contribution >= 4 is 17.3 Å². The zero-order chi connectivity index (χ0) is 15.1. The van der Waals surface area contributed by atoms with Crippen LogP contribution in [0.4, 0.5) is 0 Å². The van der Waals surface area contributed by atoms with Crippen molar-refractivity contribution < 1.29 is 4.74 Å². The van der Waals surface area contributed by atoms with Crippen LogP contribution in [0.25, 0.3) is 0 Å². The van der Waals surface area contributed by atoms with Crippen LogP contribution in [0.15, 0.2) is 24.5 Å². The van der Waals surface area contributed by atoms with Crippen molar-refractivity contribution in [3.8, 4) is 0 Å². The van der Waals surface area contributed by atoms with E-state index >= 15 is 0 Å². The average Bonchev–Trinajstić information content (AvgIpc) is 3.00. The maximum atomic E-state index is 5.76. The van der Waals surface area contributed by atoms with E-state index in [1.54, 1.807) is 0 Å². The maximum absolute atomic E-state index is 5.76. The predicted octanol–water partition coefficient (Wildman–Crippen LogP) is 2.74. The molecule has 5 heteroatoms. The fourth-order valence-electron chi connectivity index (χ4n) is 2.37. The Morgan fingerprint density at radius 1 is 1.52 bits per heavy atom. The number of rotatable bonds is 6. The van der Waals surface area contributed by atoms with Gasteiger partial charge in [-0.15, -0.1) is 0 Å². The van der Waals surface area contributed by atoms with Crippen molar-refractivity contribution in [2.75, 3.05) is 13.2 Å². The van der Waals surface area contributed by atoms with Crippen LogP contribution in [0.5, 0.6) is 0 Å². The zero-order valence-corrected chi connectivity index (χ0v) is 13.7. The van der Waals surface area contributed by atoms with E-state index in [2.05, 4.69) is 29.0 Å². The van der Waals surface area contributed by atoms with Crippen molar-refractivity contribution in [2.24, 2.45) is 0 Å². The Hall–Kier alpha value is -1.20. The van der Waals surface area contributed by atoms with E-state index in [1.807, 2.05) is 24.5 Å². The molecular weight excluding hydrogens is 282 g/mol. The topological polar surface area (TPSA) is 37.4 Å². The third-order valence-corrected chi connectivity index (χ3v) is 4.22. The number of thiocarbonyl (C=S) groups is 1. The molecule has 1 saturated heterocycles. The van der Waals surface area contributed by atoms with Gasteiger partial charge < -0.3 is 15.0 Å². The lowest BCUT2D eigenvalue weighted by Crippen LogP contribution is -2.45. The molecule has 4 nitrogen and oxygen atoms in total. The lowest BCUT2D eigenvalue weighted by molar-refractivity contribution is 0.0896. The molecule has 0 aromatic carbocycles. The van der Waals surface area contributed by atoms with E-state index in [1.165, 1.54) is 5.56 Å². The summed E-state index contributed by atoms with van der Waals surface area (Å²) in [7, 11) is 0. The minimum atomic E-state index is 0.295. The number of aromatic nitrogens is 1. The summed E-state index contributed by atoms with van der Waals surface area (Å²) >= 11 is 5.60. The smallest absolute Gasteiger partial charge is 0.169 e. The summed E-state index contributed by atoms with van der Waals surface area (Å²) in [6.07, 6.45) is 7.28. The summed E-state index contributed by atoms with van der Waals surface area (Å²) < 4.78 is 5.76. The molecule has 1 aromatic rings. The van der Waals surface area contributed by atoms with Crippen LogP contribution in [0.2, 0.25) is 0 Å². The van der Waals surface area contributed by atoms with Crippen LogP contribution in [-0.4, -0.2) is 40.3 Å². The minimum absolute atomic E-state index is 0.295. The molecule has 1 N–H and O–H groups in total. The Morgan fingerprint density at radius 2 is 2.29 bits per heavy atom. The molecule has 0 aliphatic carbocycles. The van der Waals surface area contributed by atoms with Gasteiger partial charge in [0.1, 0.15) is 0 Å². The molecule has 1 aliphatic heterocycles. The molecule has 1 aliphatic rings. The number of hydrogen-bond acceptors (Lipinski definition) is 3. The minimum Gasteiger partial charge on any atom is -0.376 e. The molecule has 116 valence electrons. The molecule has 0 unspecified atom stereocenters. The fourth-order valence-corrected chi connectivity index (χ4v) is 2.71. The monoisotopic (exact) mass is 307 g/mol. The highest BCUT2D eigenvalue weighted by molar-refractivity contribution is 7.80. The first-order valence-electron chi connectivity index (χ1n) is 7.75. The van der Waals surface area contributed by atoms with Gasteiger partial charge in [0.25, 0.3) is 0 Å². The Morgan fingerprint density at radius 3 is 2.90 bits per heavy atom. The van der Waals surface area contributed by atoms with Crippen molar-refractivity contribution in [1.82, 2.24) is 15.2 Å². The zero-order valence-electron chi connectivity index (χ0n) is 12.9. The van der Waals surface area contributed by atoms with E-state index in [-0.39, 0.29) is 0 Å². The van der Waals surface area contributed by atoms with Gasteiger partial charge in [0.15, 0.2) is 5.11 Å². The third kappa shape index (κ3) is 5.25. The van der Waals surface area contributed by atoms with Gasteiger partial charge in [-0.3, -0.25) is 4.98 Å². The summed E-state index contributed by atoms with van der Waals surface area (Å²) in [4.78, 5) is 6.29. The largest absolute Gasteiger partial charge is 0.376 e. The SMILES string of the molecule is CC[C@H](C)NC(=S)N(Cc1ccncc1)C[C@H]1CCCO1. The second-order valence-electron chi connectivity index (χ2n) is 5.63. The highest BCUT2D eigenvalue weighted by atomic mass is 32.1. The van der Waals surface area contributed by atoms with Gasteiger partial charge >= 0.3 is 0 Å². The number of ether oxygens (including phenoxy) is 1. The van der Waals surface area contributed by atoms with E-state index in [0.717, 1.165) is 44.1 Å². The van der Waals surface area contributed by atoms with Gasteiger partial charge in [0, 0.05) is 38.1 Å². The van der Waals surface area contributed by atoms with Gasteiger partial charge in [0.05, 0.1) is 6.10 Å². The number of nitrogens with zero attached hydrogens (tertiary/aromatic N) is 2. The summed E-state index contributed by atoms with van der Waals surface area (Å²) in [5.41, 5.74) is 1.22. The van der Waals surface area contributed by atoms with Crippen molar-refractivity contribution in [3.63, 3.8) is 0 Å². The van der Waals surface area contributed by atoms with Gasteiger partial charge in [-0.2, -0.15) is 0 Å². The Bertz CT molecular complexity index is 434. The first kappa shape index (κ1) is 16.2. The maximum Gasteiger partial charge on any atom is 0.169 e. The standard InChI is InChI=1S/C16H25N3OS/c1-3-13(2)18-16(21)19(12-15-5-4-10-20-15)11-14-6-8-17-9-7-14/h6-9,13,15H,3-5,10-12H2,1-2H3,(H,18,21)/t13-,15+/m0/s1. The van der Waals surface area contributed by atoms with Crippen molar-refractivity contribution in [3.05, 3.63) is 30.1 Å².